The van der Waals surface area contributed by atoms with Crippen LogP contribution in [-0.4, -0.2) is 18.1 Å². The Kier molecular flexibility index (Phi) is 4.29. The second-order valence-corrected chi connectivity index (χ2v) is 5.21. The lowest BCUT2D eigenvalue weighted by Crippen LogP contribution is -2.13. The van der Waals surface area contributed by atoms with Gasteiger partial charge >= 0.3 is 0 Å². The van der Waals surface area contributed by atoms with Crippen LogP contribution in [0.1, 0.15) is 15.9 Å². The standard InChI is InChI=1S/C15H14BrNO3/c1-9-7-11(20-2)4-6-13(9)17-15(19)12-5-3-10(16)8-14(12)18/h3-8,18H,1-2H3,(H,17,19). The fourth-order valence-electron chi connectivity index (χ4n) is 1.79. The number of phenols is 1. The van der Waals surface area contributed by atoms with Crippen LogP contribution in [0.25, 0.3) is 0 Å². The largest absolute Gasteiger partial charge is 0.507 e. The molecule has 0 aliphatic heterocycles. The zero-order valence-electron chi connectivity index (χ0n) is 11.1. The molecule has 0 aliphatic rings. The first-order valence-electron chi connectivity index (χ1n) is 5.96. The molecule has 0 unspecified atom stereocenters. The molecule has 0 heterocycles. The van der Waals surface area contributed by atoms with E-state index in [1.807, 2.05) is 13.0 Å². The number of methoxy groups -OCH3 is 1. The van der Waals surface area contributed by atoms with Crippen LogP contribution in [-0.2, 0) is 0 Å². The van der Waals surface area contributed by atoms with Gasteiger partial charge in [0.2, 0.25) is 0 Å². The van der Waals surface area contributed by atoms with Gasteiger partial charge in [-0.25, -0.2) is 0 Å². The van der Waals surface area contributed by atoms with Crippen LogP contribution in [0.15, 0.2) is 40.9 Å². The molecular formula is C15H14BrNO3. The summed E-state index contributed by atoms with van der Waals surface area (Å²) in [5, 5.41) is 12.5. The normalized spacial score (nSPS) is 10.2. The number of phenolic OH excluding ortho intramolecular Hbond substituents is 1. The lowest BCUT2D eigenvalue weighted by Gasteiger charge is -2.11. The number of rotatable bonds is 3. The predicted octanol–water partition coefficient (Wildman–Crippen LogP) is 3.72. The van der Waals surface area contributed by atoms with Crippen molar-refractivity contribution < 1.29 is 14.6 Å². The number of hydrogen-bond acceptors (Lipinski definition) is 3. The third kappa shape index (κ3) is 3.11. The third-order valence-corrected chi connectivity index (χ3v) is 3.38. The van der Waals surface area contributed by atoms with Crippen LogP contribution < -0.4 is 10.1 Å². The number of amides is 1. The van der Waals surface area contributed by atoms with Gasteiger partial charge in [-0.1, -0.05) is 15.9 Å². The van der Waals surface area contributed by atoms with E-state index in [2.05, 4.69) is 21.2 Å². The number of halogens is 1. The van der Waals surface area contributed by atoms with Gasteiger partial charge in [-0.2, -0.15) is 0 Å². The first kappa shape index (κ1) is 14.4. The minimum atomic E-state index is -0.358. The topological polar surface area (TPSA) is 58.6 Å². The van der Waals surface area contributed by atoms with Crippen molar-refractivity contribution in [3.8, 4) is 11.5 Å². The first-order valence-corrected chi connectivity index (χ1v) is 6.75. The Hall–Kier alpha value is -2.01. The van der Waals surface area contributed by atoms with Gasteiger partial charge in [0.15, 0.2) is 0 Å². The summed E-state index contributed by atoms with van der Waals surface area (Å²) in [7, 11) is 1.59. The number of aromatic hydroxyl groups is 1. The number of ether oxygens (including phenoxy) is 1. The van der Waals surface area contributed by atoms with Gasteiger partial charge in [0.1, 0.15) is 11.5 Å². The summed E-state index contributed by atoms with van der Waals surface area (Å²) in [4.78, 5) is 12.1. The van der Waals surface area contributed by atoms with Crippen molar-refractivity contribution in [2.45, 2.75) is 6.92 Å². The fraction of sp³-hybridized carbons (Fsp3) is 0.133. The summed E-state index contributed by atoms with van der Waals surface area (Å²) < 4.78 is 5.83. The molecule has 0 aromatic heterocycles. The fourth-order valence-corrected chi connectivity index (χ4v) is 2.14. The van der Waals surface area contributed by atoms with Crippen LogP contribution >= 0.6 is 15.9 Å². The average molecular weight is 336 g/mol. The van der Waals surface area contributed by atoms with E-state index in [1.54, 1.807) is 31.4 Å². The summed E-state index contributed by atoms with van der Waals surface area (Å²) in [6, 6.07) is 10.1. The van der Waals surface area contributed by atoms with Crippen molar-refractivity contribution in [3.63, 3.8) is 0 Å². The molecule has 2 aromatic rings. The summed E-state index contributed by atoms with van der Waals surface area (Å²) in [6.07, 6.45) is 0. The molecule has 0 bridgehead atoms. The highest BCUT2D eigenvalue weighted by molar-refractivity contribution is 9.10. The average Bonchev–Trinajstić information content (AvgIpc) is 2.40. The molecule has 4 nitrogen and oxygen atoms in total. The smallest absolute Gasteiger partial charge is 0.259 e. The molecule has 2 N–H and O–H groups in total. The Labute approximate surface area is 125 Å². The van der Waals surface area contributed by atoms with Crippen molar-refractivity contribution in [1.29, 1.82) is 0 Å². The quantitative estimate of drug-likeness (QED) is 0.898. The summed E-state index contributed by atoms with van der Waals surface area (Å²) in [6.45, 7) is 1.87. The molecule has 0 saturated carbocycles. The van der Waals surface area contributed by atoms with Crippen LogP contribution in [0, 0.1) is 6.92 Å². The molecule has 2 rings (SSSR count). The van der Waals surface area contributed by atoms with Gasteiger partial charge < -0.3 is 15.2 Å². The zero-order chi connectivity index (χ0) is 14.7. The summed E-state index contributed by atoms with van der Waals surface area (Å²) in [5.41, 5.74) is 1.79. The minimum Gasteiger partial charge on any atom is -0.507 e. The monoisotopic (exact) mass is 335 g/mol. The maximum Gasteiger partial charge on any atom is 0.259 e. The van der Waals surface area contributed by atoms with Gasteiger partial charge in [0.05, 0.1) is 12.7 Å². The molecule has 0 fully saturated rings. The van der Waals surface area contributed by atoms with E-state index in [-0.39, 0.29) is 17.2 Å². The van der Waals surface area contributed by atoms with E-state index < -0.39 is 0 Å². The van der Waals surface area contributed by atoms with Crippen LogP contribution in [0.3, 0.4) is 0 Å². The minimum absolute atomic E-state index is 0.0666. The van der Waals surface area contributed by atoms with Gasteiger partial charge in [-0.05, 0) is 48.9 Å². The van der Waals surface area contributed by atoms with Gasteiger partial charge in [0.25, 0.3) is 5.91 Å². The highest BCUT2D eigenvalue weighted by atomic mass is 79.9. The molecule has 0 spiro atoms. The Morgan fingerprint density at radius 2 is 2.00 bits per heavy atom. The summed E-state index contributed by atoms with van der Waals surface area (Å²) >= 11 is 3.23. The lowest BCUT2D eigenvalue weighted by atomic mass is 10.1. The number of aryl methyl sites for hydroxylation is 1. The number of carbonyl (C=O) groups excluding carboxylic acids is 1. The van der Waals surface area contributed by atoms with Crippen LogP contribution in [0.5, 0.6) is 11.5 Å². The van der Waals surface area contributed by atoms with Crippen molar-refractivity contribution in [1.82, 2.24) is 0 Å². The van der Waals surface area contributed by atoms with Crippen LogP contribution in [0.2, 0.25) is 0 Å². The second kappa shape index (κ2) is 5.96. The highest BCUT2D eigenvalue weighted by Gasteiger charge is 2.12. The number of carbonyl (C=O) groups is 1. The van der Waals surface area contributed by atoms with Gasteiger partial charge in [-0.15, -0.1) is 0 Å². The van der Waals surface area contributed by atoms with E-state index in [0.29, 0.717) is 10.2 Å². The molecule has 5 heteroatoms. The molecule has 2 aromatic carbocycles. The SMILES string of the molecule is COc1ccc(NC(=O)c2ccc(Br)cc2O)c(C)c1. The maximum atomic E-state index is 12.1. The Balaban J connectivity index is 2.23. The molecule has 1 amide bonds. The third-order valence-electron chi connectivity index (χ3n) is 2.89. The van der Waals surface area contributed by atoms with Crippen molar-refractivity contribution in [3.05, 3.63) is 52.0 Å². The van der Waals surface area contributed by atoms with E-state index >= 15 is 0 Å². The second-order valence-electron chi connectivity index (χ2n) is 4.30. The Bertz CT molecular complexity index is 656. The van der Waals surface area contributed by atoms with E-state index in [9.17, 15) is 9.90 Å². The zero-order valence-corrected chi connectivity index (χ0v) is 12.7. The molecule has 104 valence electrons. The maximum absolute atomic E-state index is 12.1. The predicted molar refractivity (Wildman–Crippen MR) is 81.5 cm³/mol. The Morgan fingerprint density at radius 3 is 2.60 bits per heavy atom. The number of nitrogens with one attached hydrogen (secondary N) is 1. The van der Waals surface area contributed by atoms with Crippen molar-refractivity contribution in [2.75, 3.05) is 12.4 Å². The molecule has 0 atom stereocenters. The van der Waals surface area contributed by atoms with E-state index in [0.717, 1.165) is 11.3 Å². The number of hydrogen-bond donors (Lipinski definition) is 2. The highest BCUT2D eigenvalue weighted by Crippen LogP contribution is 2.25. The molecule has 0 saturated heterocycles. The number of benzene rings is 2. The first-order chi connectivity index (χ1) is 9.51. The van der Waals surface area contributed by atoms with E-state index in [4.69, 9.17) is 4.74 Å². The molecule has 20 heavy (non-hydrogen) atoms. The van der Waals surface area contributed by atoms with Crippen molar-refractivity contribution in [2.24, 2.45) is 0 Å². The van der Waals surface area contributed by atoms with Gasteiger partial charge in [0, 0.05) is 10.2 Å². The van der Waals surface area contributed by atoms with E-state index in [1.165, 1.54) is 6.07 Å². The molecule has 0 radical (unpaired) electrons. The Morgan fingerprint density at radius 1 is 1.25 bits per heavy atom. The van der Waals surface area contributed by atoms with Gasteiger partial charge in [-0.3, -0.25) is 4.79 Å². The molecular weight excluding hydrogens is 322 g/mol. The summed E-state index contributed by atoms with van der Waals surface area (Å²) in [5.74, 6) is 0.304. The number of anilines is 1. The van der Waals surface area contributed by atoms with Crippen LogP contribution in [0.4, 0.5) is 5.69 Å². The lowest BCUT2D eigenvalue weighted by molar-refractivity contribution is 0.102. The van der Waals surface area contributed by atoms with Crippen molar-refractivity contribution >= 4 is 27.5 Å². The molecule has 0 aliphatic carbocycles.